The van der Waals surface area contributed by atoms with Gasteiger partial charge in [-0.1, -0.05) is 25.5 Å². The number of carbonyl (C=O) groups excluding carboxylic acids is 2. The van der Waals surface area contributed by atoms with Crippen LogP contribution >= 0.6 is 7.60 Å². The first-order chi connectivity index (χ1) is 10.9. The number of esters is 2. The van der Waals surface area contributed by atoms with Crippen molar-refractivity contribution >= 4 is 19.5 Å². The van der Waals surface area contributed by atoms with Gasteiger partial charge in [0.05, 0.1) is 13.7 Å². The molecular weight excluding hydrogens is 323 g/mol. The third-order valence-corrected chi connectivity index (χ3v) is 4.04. The Kier molecular flexibility index (Phi) is 7.95. The van der Waals surface area contributed by atoms with Crippen LogP contribution in [-0.4, -0.2) is 25.2 Å². The van der Waals surface area contributed by atoms with E-state index in [1.165, 1.54) is 0 Å². The van der Waals surface area contributed by atoms with Gasteiger partial charge in [-0.2, -0.15) is 0 Å². The first-order valence-corrected chi connectivity index (χ1v) is 8.90. The molecule has 1 unspecified atom stereocenters. The molecule has 0 amide bonds. The van der Waals surface area contributed by atoms with Gasteiger partial charge in [-0.3, -0.25) is 9.59 Å². The van der Waals surface area contributed by atoms with Crippen molar-refractivity contribution in [2.45, 2.75) is 32.8 Å². The highest BCUT2D eigenvalue weighted by molar-refractivity contribution is 7.52. The zero-order valence-corrected chi connectivity index (χ0v) is 14.0. The fraction of sp³-hybridized carbons (Fsp3) is 0.467. The largest absolute Gasteiger partial charge is 0.778 e. The van der Waals surface area contributed by atoms with Crippen molar-refractivity contribution in [1.29, 1.82) is 0 Å². The molecule has 23 heavy (non-hydrogen) atoms. The second-order valence-corrected chi connectivity index (χ2v) is 6.64. The summed E-state index contributed by atoms with van der Waals surface area (Å²) in [7, 11) is -3.19. The van der Waals surface area contributed by atoms with E-state index in [2.05, 4.69) is 4.74 Å². The maximum Gasteiger partial charge on any atom is 0.314 e. The normalized spacial score (nSPS) is 13.2. The first kappa shape index (κ1) is 19.4. The van der Waals surface area contributed by atoms with Gasteiger partial charge in [0.2, 0.25) is 0 Å². The zero-order valence-electron chi connectivity index (χ0n) is 13.1. The van der Waals surface area contributed by atoms with Crippen LogP contribution in [0.1, 0.15) is 31.7 Å². The van der Waals surface area contributed by atoms with Crippen molar-refractivity contribution in [3.8, 4) is 5.75 Å². The van der Waals surface area contributed by atoms with Crippen molar-refractivity contribution in [3.63, 3.8) is 0 Å². The molecule has 0 aliphatic rings. The van der Waals surface area contributed by atoms with Crippen LogP contribution in [0.4, 0.5) is 0 Å². The number of ether oxygens (including phenoxy) is 2. The lowest BCUT2D eigenvalue weighted by Gasteiger charge is -2.21. The van der Waals surface area contributed by atoms with Crippen LogP contribution in [0.3, 0.4) is 0 Å². The molecule has 0 saturated carbocycles. The van der Waals surface area contributed by atoms with Crippen molar-refractivity contribution in [3.05, 3.63) is 29.8 Å². The number of hydrogen-bond acceptors (Lipinski definition) is 7. The van der Waals surface area contributed by atoms with Gasteiger partial charge in [-0.05, 0) is 24.1 Å². The van der Waals surface area contributed by atoms with E-state index in [1.807, 2.05) is 6.92 Å². The Morgan fingerprint density at radius 2 is 1.83 bits per heavy atom. The van der Waals surface area contributed by atoms with E-state index in [4.69, 9.17) is 9.26 Å². The summed E-state index contributed by atoms with van der Waals surface area (Å²) in [4.78, 5) is 33.9. The molecule has 0 aromatic heterocycles. The van der Waals surface area contributed by atoms with E-state index in [0.29, 0.717) is 17.7 Å². The number of carbonyl (C=O) groups is 2. The highest BCUT2D eigenvalue weighted by atomic mass is 31.2. The van der Waals surface area contributed by atoms with Gasteiger partial charge in [0, 0.05) is 6.42 Å². The predicted octanol–water partition coefficient (Wildman–Crippen LogP) is 2.03. The average molecular weight is 343 g/mol. The summed E-state index contributed by atoms with van der Waals surface area (Å²) in [5.74, 6) is -0.801. The molecule has 1 aromatic carbocycles. The molecule has 7 nitrogen and oxygen atoms in total. The van der Waals surface area contributed by atoms with Gasteiger partial charge < -0.3 is 23.5 Å². The molecule has 128 valence electrons. The molecule has 0 N–H and O–H groups in total. The van der Waals surface area contributed by atoms with Crippen LogP contribution in [0, 0.1) is 0 Å². The van der Waals surface area contributed by atoms with Crippen LogP contribution in [-0.2, 0) is 30.0 Å². The third-order valence-electron chi connectivity index (χ3n) is 2.87. The SMILES string of the molecule is CCCCC(=O)Oc1ccc(COP(=O)([O-])CC(=O)OC)cc1. The Balaban J connectivity index is 2.49. The monoisotopic (exact) mass is 343 g/mol. The third kappa shape index (κ3) is 7.93. The second kappa shape index (κ2) is 9.45. The Labute approximate surface area is 135 Å². The van der Waals surface area contributed by atoms with E-state index in [1.54, 1.807) is 24.3 Å². The van der Waals surface area contributed by atoms with Crippen LogP contribution < -0.4 is 9.63 Å². The molecule has 1 atom stereocenters. The number of rotatable bonds is 9. The number of unbranched alkanes of at least 4 members (excludes halogenated alkanes) is 1. The molecule has 0 aliphatic heterocycles. The van der Waals surface area contributed by atoms with Crippen LogP contribution in [0.25, 0.3) is 0 Å². The maximum atomic E-state index is 11.5. The molecule has 0 fully saturated rings. The Morgan fingerprint density at radius 1 is 1.17 bits per heavy atom. The zero-order chi connectivity index (χ0) is 17.3. The van der Waals surface area contributed by atoms with Gasteiger partial charge in [0.25, 0.3) is 0 Å². The maximum absolute atomic E-state index is 11.5. The van der Waals surface area contributed by atoms with Crippen molar-refractivity contribution in [2.24, 2.45) is 0 Å². The van der Waals surface area contributed by atoms with Crippen molar-refractivity contribution in [2.75, 3.05) is 13.3 Å². The fourth-order valence-corrected chi connectivity index (χ4v) is 2.48. The summed E-state index contributed by atoms with van der Waals surface area (Å²) in [6.07, 6.45) is 1.22. The number of hydrogen-bond donors (Lipinski definition) is 0. The van der Waals surface area contributed by atoms with Gasteiger partial charge in [-0.15, -0.1) is 0 Å². The minimum absolute atomic E-state index is 0.207. The van der Waals surface area contributed by atoms with Gasteiger partial charge in [-0.25, -0.2) is 0 Å². The summed E-state index contributed by atoms with van der Waals surface area (Å²) in [5, 5.41) is 0. The highest BCUT2D eigenvalue weighted by Gasteiger charge is 2.15. The summed E-state index contributed by atoms with van der Waals surface area (Å²) >= 11 is 0. The van der Waals surface area contributed by atoms with Gasteiger partial charge in [0.15, 0.2) is 0 Å². The van der Waals surface area contributed by atoms with Gasteiger partial charge >= 0.3 is 11.9 Å². The lowest BCUT2D eigenvalue weighted by molar-refractivity contribution is -0.200. The molecule has 0 spiro atoms. The summed E-state index contributed by atoms with van der Waals surface area (Å²) in [5.41, 5.74) is 0.569. The molecule has 0 bridgehead atoms. The van der Waals surface area contributed by atoms with E-state index in [-0.39, 0.29) is 12.6 Å². The standard InChI is InChI=1S/C15H21O7P/c1-3-4-5-14(16)22-13-8-6-12(7-9-13)10-21-23(18,19)11-15(17)20-2/h6-9H,3-5,10-11H2,1-2H3,(H,18,19)/p-1. The van der Waals surface area contributed by atoms with Crippen LogP contribution in [0.15, 0.2) is 24.3 Å². The smallest absolute Gasteiger partial charge is 0.314 e. The average Bonchev–Trinajstić information content (AvgIpc) is 2.52. The molecule has 0 saturated heterocycles. The van der Waals surface area contributed by atoms with Crippen LogP contribution in [0.2, 0.25) is 0 Å². The van der Waals surface area contributed by atoms with E-state index < -0.39 is 19.7 Å². The molecule has 0 heterocycles. The quantitative estimate of drug-likeness (QED) is 0.384. The molecule has 8 heteroatoms. The van der Waals surface area contributed by atoms with E-state index >= 15 is 0 Å². The number of benzene rings is 1. The Bertz CT molecular complexity index is 568. The van der Waals surface area contributed by atoms with Gasteiger partial charge in [0.1, 0.15) is 19.5 Å². The molecule has 1 aromatic rings. The first-order valence-electron chi connectivity index (χ1n) is 7.17. The molecule has 1 rings (SSSR count). The minimum Gasteiger partial charge on any atom is -0.778 e. The fourth-order valence-electron chi connectivity index (χ4n) is 1.60. The molecular formula is C15H20O7P-. The predicted molar refractivity (Wildman–Crippen MR) is 80.9 cm³/mol. The number of methoxy groups -OCH3 is 1. The van der Waals surface area contributed by atoms with E-state index in [9.17, 15) is 19.0 Å². The van der Waals surface area contributed by atoms with Crippen molar-refractivity contribution in [1.82, 2.24) is 0 Å². The minimum atomic E-state index is -4.29. The summed E-state index contributed by atoms with van der Waals surface area (Å²) < 4.78 is 25.7. The Hall–Kier alpha value is -1.69. The van der Waals surface area contributed by atoms with E-state index in [0.717, 1.165) is 20.0 Å². The topological polar surface area (TPSA) is 102 Å². The highest BCUT2D eigenvalue weighted by Crippen LogP contribution is 2.37. The molecule has 0 radical (unpaired) electrons. The van der Waals surface area contributed by atoms with Crippen molar-refractivity contribution < 1.29 is 33.0 Å². The lowest BCUT2D eigenvalue weighted by Crippen LogP contribution is -2.16. The summed E-state index contributed by atoms with van der Waals surface area (Å²) in [6, 6.07) is 6.28. The molecule has 0 aliphatic carbocycles. The lowest BCUT2D eigenvalue weighted by atomic mass is 10.2. The summed E-state index contributed by atoms with van der Waals surface area (Å²) in [6.45, 7) is 1.78. The van der Waals surface area contributed by atoms with Crippen LogP contribution in [0.5, 0.6) is 5.75 Å². The second-order valence-electron chi connectivity index (χ2n) is 4.84. The Morgan fingerprint density at radius 3 is 2.39 bits per heavy atom.